The fraction of sp³-hybridized carbons (Fsp3) is 0.125. The molecule has 2 N–H and O–H groups in total. The molecule has 0 unspecified atom stereocenters. The molecule has 0 aliphatic rings. The highest BCUT2D eigenvalue weighted by Gasteiger charge is 2.14. The second-order valence-corrected chi connectivity index (χ2v) is 7.44. The quantitative estimate of drug-likeness (QED) is 0.313. The van der Waals surface area contributed by atoms with E-state index in [-0.39, 0.29) is 17.4 Å². The molecule has 0 fully saturated rings. The van der Waals surface area contributed by atoms with Gasteiger partial charge < -0.3 is 14.6 Å². The minimum atomic E-state index is -0.369. The number of rotatable bonds is 5. The Hall–Kier alpha value is -1.33. The summed E-state index contributed by atoms with van der Waals surface area (Å²) in [6.07, 6.45) is 1.44. The predicted octanol–water partition coefficient (Wildman–Crippen LogP) is 4.30. The minimum absolute atomic E-state index is 0.0263. The van der Waals surface area contributed by atoms with Gasteiger partial charge in [-0.3, -0.25) is 4.79 Å². The van der Waals surface area contributed by atoms with Crippen molar-refractivity contribution >= 4 is 66.6 Å². The Morgan fingerprint density at radius 1 is 1.20 bits per heavy atom. The maximum atomic E-state index is 12.2. The summed E-state index contributed by atoms with van der Waals surface area (Å²) in [7, 11) is 2.99. The van der Waals surface area contributed by atoms with Gasteiger partial charge in [0, 0.05) is 15.6 Å². The molecule has 6 nitrogen and oxygen atoms in total. The Labute approximate surface area is 175 Å². The average Bonchev–Trinajstić information content (AvgIpc) is 2.61. The molecule has 2 aromatic carbocycles. The van der Waals surface area contributed by atoms with Crippen molar-refractivity contribution in [2.45, 2.75) is 0 Å². The van der Waals surface area contributed by atoms with Crippen molar-refractivity contribution in [3.05, 3.63) is 47.9 Å². The van der Waals surface area contributed by atoms with E-state index in [2.05, 4.69) is 65.0 Å². The van der Waals surface area contributed by atoms with Crippen LogP contribution in [0.1, 0.15) is 15.9 Å². The van der Waals surface area contributed by atoms with Gasteiger partial charge >= 0.3 is 0 Å². The molecule has 0 aromatic heterocycles. The highest BCUT2D eigenvalue weighted by molar-refractivity contribution is 14.1. The minimum Gasteiger partial charge on any atom is -0.503 e. The van der Waals surface area contributed by atoms with Crippen LogP contribution in [0.25, 0.3) is 0 Å². The summed E-state index contributed by atoms with van der Waals surface area (Å²) in [6.45, 7) is 0. The summed E-state index contributed by atoms with van der Waals surface area (Å²) in [5.41, 5.74) is 3.49. The smallest absolute Gasteiger partial charge is 0.271 e. The summed E-state index contributed by atoms with van der Waals surface area (Å²) in [6, 6.07) is 6.71. The number of methoxy groups -OCH3 is 2. The number of ether oxygens (including phenoxy) is 2. The van der Waals surface area contributed by atoms with Crippen molar-refractivity contribution in [2.75, 3.05) is 14.2 Å². The van der Waals surface area contributed by atoms with Crippen LogP contribution in [0, 0.1) is 3.57 Å². The fourth-order valence-electron chi connectivity index (χ4n) is 1.89. The van der Waals surface area contributed by atoms with Gasteiger partial charge in [0.2, 0.25) is 0 Å². The molecule has 0 bridgehead atoms. The topological polar surface area (TPSA) is 80.2 Å². The van der Waals surface area contributed by atoms with Crippen molar-refractivity contribution in [2.24, 2.45) is 5.10 Å². The van der Waals surface area contributed by atoms with Gasteiger partial charge in [-0.1, -0.05) is 0 Å². The molecule has 0 saturated carbocycles. The molecule has 1 amide bonds. The molecule has 0 radical (unpaired) electrons. The molecular formula is C16H13Br2IN2O4. The first-order valence-electron chi connectivity index (χ1n) is 6.81. The molecule has 0 spiro atoms. The molecule has 0 saturated heterocycles. The second-order valence-electron chi connectivity index (χ2n) is 4.69. The largest absolute Gasteiger partial charge is 0.503 e. The standard InChI is InChI=1S/C16H13Br2IN2O4/c1-24-11-5-8(3-4-10(11)19)16(23)21-20-7-9-6-12(25-2)15(22)14(18)13(9)17/h3-7,22H,1-2H3,(H,21,23)/b20-7-. The van der Waals surface area contributed by atoms with Gasteiger partial charge in [-0.25, -0.2) is 5.43 Å². The third kappa shape index (κ3) is 4.64. The monoisotopic (exact) mass is 582 g/mol. The summed E-state index contributed by atoms with van der Waals surface area (Å²) in [5.74, 6) is 0.505. The maximum absolute atomic E-state index is 12.2. The van der Waals surface area contributed by atoms with Crippen molar-refractivity contribution in [3.63, 3.8) is 0 Å². The Morgan fingerprint density at radius 3 is 2.52 bits per heavy atom. The van der Waals surface area contributed by atoms with Crippen molar-refractivity contribution in [3.8, 4) is 17.2 Å². The van der Waals surface area contributed by atoms with Crippen LogP contribution in [-0.2, 0) is 0 Å². The van der Waals surface area contributed by atoms with E-state index in [0.717, 1.165) is 3.57 Å². The number of benzene rings is 2. The van der Waals surface area contributed by atoms with Gasteiger partial charge in [-0.05, 0) is 78.7 Å². The van der Waals surface area contributed by atoms with Crippen LogP contribution in [0.5, 0.6) is 17.2 Å². The predicted molar refractivity (Wildman–Crippen MR) is 111 cm³/mol. The average molecular weight is 584 g/mol. The Bertz CT molecular complexity index is 843. The number of aromatic hydroxyl groups is 1. The fourth-order valence-corrected chi connectivity index (χ4v) is 3.27. The Balaban J connectivity index is 2.18. The number of hydrazone groups is 1. The number of phenolic OH excluding ortho intramolecular Hbond substituents is 1. The normalized spacial score (nSPS) is 10.8. The van der Waals surface area contributed by atoms with E-state index in [1.807, 2.05) is 0 Å². The van der Waals surface area contributed by atoms with Gasteiger partial charge in [0.1, 0.15) is 5.75 Å². The molecule has 9 heteroatoms. The summed E-state index contributed by atoms with van der Waals surface area (Å²) < 4.78 is 12.2. The van der Waals surface area contributed by atoms with Gasteiger partial charge in [-0.15, -0.1) is 0 Å². The molecule has 0 atom stereocenters. The van der Waals surface area contributed by atoms with Gasteiger partial charge in [0.25, 0.3) is 5.91 Å². The van der Waals surface area contributed by atoms with Crippen LogP contribution in [0.4, 0.5) is 0 Å². The lowest BCUT2D eigenvalue weighted by Crippen LogP contribution is -2.17. The lowest BCUT2D eigenvalue weighted by Gasteiger charge is -2.09. The van der Waals surface area contributed by atoms with Crippen molar-refractivity contribution < 1.29 is 19.4 Å². The molecule has 0 aliphatic carbocycles. The van der Waals surface area contributed by atoms with Crippen LogP contribution in [0.15, 0.2) is 38.3 Å². The Morgan fingerprint density at radius 2 is 1.88 bits per heavy atom. The zero-order valence-corrected chi connectivity index (χ0v) is 18.5. The number of hydrogen-bond acceptors (Lipinski definition) is 5. The van der Waals surface area contributed by atoms with Crippen molar-refractivity contribution in [1.82, 2.24) is 5.43 Å². The number of carbonyl (C=O) groups excluding carboxylic acids is 1. The third-order valence-electron chi connectivity index (χ3n) is 3.18. The number of nitrogens with zero attached hydrogens (tertiary/aromatic N) is 1. The molecule has 132 valence electrons. The number of nitrogens with one attached hydrogen (secondary N) is 1. The third-order valence-corrected chi connectivity index (χ3v) is 6.23. The van der Waals surface area contributed by atoms with Gasteiger partial charge in [0.05, 0.1) is 28.5 Å². The molecule has 25 heavy (non-hydrogen) atoms. The van der Waals surface area contributed by atoms with E-state index < -0.39 is 0 Å². The molecule has 0 heterocycles. The van der Waals surface area contributed by atoms with E-state index >= 15 is 0 Å². The summed E-state index contributed by atoms with van der Waals surface area (Å²) >= 11 is 8.74. The van der Waals surface area contributed by atoms with Gasteiger partial charge in [-0.2, -0.15) is 5.10 Å². The SMILES string of the molecule is COc1cc(C(=O)N/N=C\c2cc(OC)c(O)c(Br)c2Br)ccc1I. The highest BCUT2D eigenvalue weighted by atomic mass is 127. The first-order chi connectivity index (χ1) is 11.9. The maximum Gasteiger partial charge on any atom is 0.271 e. The van der Waals surface area contributed by atoms with E-state index in [0.29, 0.717) is 25.8 Å². The number of amides is 1. The van der Waals surface area contributed by atoms with E-state index in [9.17, 15) is 9.90 Å². The molecular weight excluding hydrogens is 571 g/mol. The lowest BCUT2D eigenvalue weighted by atomic mass is 10.2. The second kappa shape index (κ2) is 8.86. The first-order valence-corrected chi connectivity index (χ1v) is 9.47. The van der Waals surface area contributed by atoms with Crippen molar-refractivity contribution in [1.29, 1.82) is 0 Å². The van der Waals surface area contributed by atoms with E-state index in [1.165, 1.54) is 13.3 Å². The molecule has 2 rings (SSSR count). The lowest BCUT2D eigenvalue weighted by molar-refractivity contribution is 0.0954. The summed E-state index contributed by atoms with van der Waals surface area (Å²) in [4.78, 5) is 12.2. The Kier molecular flexibility index (Phi) is 7.08. The number of hydrogen-bond donors (Lipinski definition) is 2. The molecule has 0 aliphatic heterocycles. The zero-order valence-electron chi connectivity index (χ0n) is 13.1. The van der Waals surface area contributed by atoms with E-state index in [1.54, 1.807) is 31.4 Å². The summed E-state index contributed by atoms with van der Waals surface area (Å²) in [5, 5.41) is 13.9. The first kappa shape index (κ1) is 20.0. The van der Waals surface area contributed by atoms with Crippen LogP contribution in [0.3, 0.4) is 0 Å². The number of halogens is 3. The van der Waals surface area contributed by atoms with Crippen LogP contribution < -0.4 is 14.9 Å². The van der Waals surface area contributed by atoms with E-state index in [4.69, 9.17) is 9.47 Å². The van der Waals surface area contributed by atoms with Gasteiger partial charge in [0.15, 0.2) is 11.5 Å². The molecule has 2 aromatic rings. The zero-order chi connectivity index (χ0) is 18.6. The number of carbonyl (C=O) groups is 1. The van der Waals surface area contributed by atoms with Crippen LogP contribution in [-0.4, -0.2) is 31.4 Å². The van der Waals surface area contributed by atoms with Crippen LogP contribution in [0.2, 0.25) is 0 Å². The van der Waals surface area contributed by atoms with Crippen LogP contribution >= 0.6 is 54.5 Å². The number of phenols is 1. The highest BCUT2D eigenvalue weighted by Crippen LogP contribution is 2.41.